The van der Waals surface area contributed by atoms with Crippen LogP contribution in [0.2, 0.25) is 0 Å². The molecule has 5 heteroatoms. The van der Waals surface area contributed by atoms with Crippen LogP contribution in [0.4, 0.5) is 0 Å². The molecule has 0 aliphatic rings. The van der Waals surface area contributed by atoms with Crippen molar-refractivity contribution in [3.05, 3.63) is 223 Å². The number of hydrogen-bond donors (Lipinski definition) is 0. The van der Waals surface area contributed by atoms with Gasteiger partial charge in [-0.3, -0.25) is 0 Å². The van der Waals surface area contributed by atoms with Gasteiger partial charge in [-0.2, -0.15) is 0 Å². The molecular formula is C65H53N5. The molecule has 0 N–H and O–H groups in total. The molecule has 0 spiro atoms. The molecule has 0 amide bonds. The predicted octanol–water partition coefficient (Wildman–Crippen LogP) is 17.0. The Hall–Kier alpha value is -8.41. The van der Waals surface area contributed by atoms with Crippen LogP contribution < -0.4 is 0 Å². The van der Waals surface area contributed by atoms with Gasteiger partial charge in [0.2, 0.25) is 0 Å². The molecule has 3 heterocycles. The van der Waals surface area contributed by atoms with Gasteiger partial charge in [-0.15, -0.1) is 0 Å². The molecule has 70 heavy (non-hydrogen) atoms. The van der Waals surface area contributed by atoms with Crippen molar-refractivity contribution >= 4 is 43.6 Å². The van der Waals surface area contributed by atoms with Crippen molar-refractivity contribution in [2.45, 2.75) is 52.4 Å². The molecule has 0 saturated carbocycles. The van der Waals surface area contributed by atoms with E-state index in [1.165, 1.54) is 32.7 Å². The fourth-order valence-corrected chi connectivity index (χ4v) is 10.4. The number of fused-ring (bicyclic) bond motifs is 6. The zero-order valence-electron chi connectivity index (χ0n) is 40.4. The van der Waals surface area contributed by atoms with Crippen molar-refractivity contribution in [3.63, 3.8) is 0 Å². The van der Waals surface area contributed by atoms with E-state index in [0.717, 1.165) is 72.4 Å². The zero-order valence-corrected chi connectivity index (χ0v) is 40.4. The molecule has 12 aromatic rings. The molecule has 0 unspecified atom stereocenters. The van der Waals surface area contributed by atoms with Gasteiger partial charge in [0.15, 0.2) is 17.5 Å². The topological polar surface area (TPSA) is 48.5 Å². The van der Waals surface area contributed by atoms with Crippen molar-refractivity contribution in [1.29, 1.82) is 0 Å². The Morgan fingerprint density at radius 3 is 1.07 bits per heavy atom. The molecule has 0 aliphatic heterocycles. The van der Waals surface area contributed by atoms with Gasteiger partial charge in [-0.05, 0) is 92.7 Å². The maximum absolute atomic E-state index is 5.78. The Balaban J connectivity index is 1.21. The Kier molecular flexibility index (Phi) is 10.2. The summed E-state index contributed by atoms with van der Waals surface area (Å²) in [5.74, 6) is 1.76. The maximum atomic E-state index is 5.78. The Morgan fingerprint density at radius 1 is 0.300 bits per heavy atom. The Bertz CT molecular complexity index is 3710. The van der Waals surface area contributed by atoms with E-state index in [-0.39, 0.29) is 10.8 Å². The second-order valence-corrected chi connectivity index (χ2v) is 20.5. The summed E-state index contributed by atoms with van der Waals surface area (Å²) in [6.07, 6.45) is 0. The molecular weight excluding hydrogens is 851 g/mol. The summed E-state index contributed by atoms with van der Waals surface area (Å²) in [4.78, 5) is 16.9. The zero-order chi connectivity index (χ0) is 47.7. The summed E-state index contributed by atoms with van der Waals surface area (Å²) in [5.41, 5.74) is 15.9. The summed E-state index contributed by atoms with van der Waals surface area (Å²) in [6, 6.07) is 76.3. The lowest BCUT2D eigenvalue weighted by atomic mass is 9.86. The molecule has 0 aliphatic carbocycles. The van der Waals surface area contributed by atoms with Crippen molar-refractivity contribution in [1.82, 2.24) is 24.1 Å². The van der Waals surface area contributed by atoms with Gasteiger partial charge in [-0.25, -0.2) is 15.0 Å². The third kappa shape index (κ3) is 7.28. The SMILES string of the molecule is CC(C)(C)c1ccc2c(c1)c1ccccc1n2-c1cccc(-c2ccccc2)c1-c1nc(-c2ccccc2)nc(-c2c(-c3ccccc3)cccc2-n2c3ccccc3c3cc(C(C)(C)C)ccc32)n1. The first-order valence-electron chi connectivity index (χ1n) is 24.3. The van der Waals surface area contributed by atoms with Crippen molar-refractivity contribution in [3.8, 4) is 67.8 Å². The van der Waals surface area contributed by atoms with Gasteiger partial charge in [0, 0.05) is 27.1 Å². The lowest BCUT2D eigenvalue weighted by Gasteiger charge is -2.21. The second-order valence-electron chi connectivity index (χ2n) is 20.5. The van der Waals surface area contributed by atoms with Crippen LogP contribution in [0.15, 0.2) is 212 Å². The van der Waals surface area contributed by atoms with Crippen LogP contribution in [-0.4, -0.2) is 24.1 Å². The summed E-state index contributed by atoms with van der Waals surface area (Å²) >= 11 is 0. The highest BCUT2D eigenvalue weighted by Gasteiger charge is 2.27. The largest absolute Gasteiger partial charge is 0.308 e. The molecule has 12 rings (SSSR count). The van der Waals surface area contributed by atoms with E-state index in [1.54, 1.807) is 0 Å². The Morgan fingerprint density at radius 2 is 0.657 bits per heavy atom. The molecule has 0 bridgehead atoms. The minimum atomic E-state index is -0.0195. The predicted molar refractivity (Wildman–Crippen MR) is 293 cm³/mol. The molecule has 338 valence electrons. The fourth-order valence-electron chi connectivity index (χ4n) is 10.4. The van der Waals surface area contributed by atoms with E-state index in [2.05, 4.69) is 257 Å². The maximum Gasteiger partial charge on any atom is 0.166 e. The normalized spacial score (nSPS) is 12.1. The summed E-state index contributed by atoms with van der Waals surface area (Å²) < 4.78 is 4.83. The van der Waals surface area contributed by atoms with Crippen LogP contribution in [-0.2, 0) is 10.8 Å². The average Bonchev–Trinajstić information content (AvgIpc) is 3.90. The Labute approximate surface area is 409 Å². The summed E-state index contributed by atoms with van der Waals surface area (Å²) in [7, 11) is 0. The highest BCUT2D eigenvalue weighted by Crippen LogP contribution is 2.45. The van der Waals surface area contributed by atoms with Crippen LogP contribution in [0.3, 0.4) is 0 Å². The standard InChI is InChI=1S/C65H53N5/c1-64(2,3)45-36-38-55-51(40-45)49-28-16-18-32-53(49)69(55)57-34-20-30-47(42-22-10-7-11-23-42)59(57)62-66-61(44-26-14-9-15-27-44)67-63(68-62)60-48(43-24-12-8-13-25-43)31-21-35-58(60)70-54-33-19-17-29-50(54)52-41-46(65(4,5)6)37-39-56(52)70/h7-41H,1-6H3. The third-order valence-corrected chi connectivity index (χ3v) is 13.9. The number of para-hydroxylation sites is 2. The molecule has 0 fully saturated rings. The monoisotopic (exact) mass is 903 g/mol. The third-order valence-electron chi connectivity index (χ3n) is 13.9. The van der Waals surface area contributed by atoms with Crippen LogP contribution >= 0.6 is 0 Å². The average molecular weight is 904 g/mol. The van der Waals surface area contributed by atoms with Crippen LogP contribution in [0.25, 0.3) is 111 Å². The van der Waals surface area contributed by atoms with E-state index >= 15 is 0 Å². The van der Waals surface area contributed by atoms with E-state index in [1.807, 2.05) is 6.07 Å². The first kappa shape index (κ1) is 42.9. The van der Waals surface area contributed by atoms with E-state index in [9.17, 15) is 0 Å². The first-order valence-corrected chi connectivity index (χ1v) is 24.3. The lowest BCUT2D eigenvalue weighted by Crippen LogP contribution is -2.10. The summed E-state index contributed by atoms with van der Waals surface area (Å²) in [6.45, 7) is 13.7. The van der Waals surface area contributed by atoms with Gasteiger partial charge in [0.05, 0.1) is 44.6 Å². The van der Waals surface area contributed by atoms with Crippen LogP contribution in [0.5, 0.6) is 0 Å². The quantitative estimate of drug-likeness (QED) is 0.160. The van der Waals surface area contributed by atoms with Crippen molar-refractivity contribution in [2.75, 3.05) is 0 Å². The minimum absolute atomic E-state index is 0.0195. The van der Waals surface area contributed by atoms with Gasteiger partial charge in [0.25, 0.3) is 0 Å². The number of aromatic nitrogens is 5. The van der Waals surface area contributed by atoms with Crippen LogP contribution in [0.1, 0.15) is 52.7 Å². The van der Waals surface area contributed by atoms with E-state index in [0.29, 0.717) is 17.5 Å². The van der Waals surface area contributed by atoms with Gasteiger partial charge in [-0.1, -0.05) is 205 Å². The van der Waals surface area contributed by atoms with Gasteiger partial charge in [0.1, 0.15) is 0 Å². The molecule has 0 radical (unpaired) electrons. The summed E-state index contributed by atoms with van der Waals surface area (Å²) in [5, 5.41) is 4.82. The molecule has 3 aromatic heterocycles. The first-order chi connectivity index (χ1) is 34.0. The van der Waals surface area contributed by atoms with Crippen molar-refractivity contribution < 1.29 is 0 Å². The van der Waals surface area contributed by atoms with Crippen molar-refractivity contribution in [2.24, 2.45) is 0 Å². The molecule has 0 atom stereocenters. The molecule has 9 aromatic carbocycles. The minimum Gasteiger partial charge on any atom is -0.308 e. The highest BCUT2D eigenvalue weighted by atomic mass is 15.1. The lowest BCUT2D eigenvalue weighted by molar-refractivity contribution is 0.591. The second kappa shape index (κ2) is 16.7. The fraction of sp³-hybridized carbons (Fsp3) is 0.123. The number of hydrogen-bond acceptors (Lipinski definition) is 3. The smallest absolute Gasteiger partial charge is 0.166 e. The molecule has 0 saturated heterocycles. The van der Waals surface area contributed by atoms with Gasteiger partial charge < -0.3 is 9.13 Å². The van der Waals surface area contributed by atoms with E-state index < -0.39 is 0 Å². The van der Waals surface area contributed by atoms with Crippen LogP contribution in [0, 0.1) is 0 Å². The number of benzene rings is 9. The van der Waals surface area contributed by atoms with E-state index in [4.69, 9.17) is 15.0 Å². The molecule has 5 nitrogen and oxygen atoms in total. The highest BCUT2D eigenvalue weighted by molar-refractivity contribution is 6.12. The number of nitrogens with zero attached hydrogens (tertiary/aromatic N) is 5. The van der Waals surface area contributed by atoms with Gasteiger partial charge >= 0.3 is 0 Å². The number of rotatable bonds is 7.